The van der Waals surface area contributed by atoms with Crippen molar-refractivity contribution in [2.45, 2.75) is 120 Å². The Morgan fingerprint density at radius 3 is 2.50 bits per heavy atom. The second-order valence-electron chi connectivity index (χ2n) is 15.8. The number of fused-ring (bicyclic) bond motifs is 3. The van der Waals surface area contributed by atoms with E-state index in [0.29, 0.717) is 25.1 Å². The number of alkyl carbamates (subject to hydrolysis) is 1. The zero-order valence-corrected chi connectivity index (χ0v) is 31.1. The Kier molecular flexibility index (Phi) is 10.9. The van der Waals surface area contributed by atoms with Gasteiger partial charge >= 0.3 is 6.09 Å². The molecule has 1 saturated heterocycles. The highest BCUT2D eigenvalue weighted by molar-refractivity contribution is 7.91. The fraction of sp³-hybridized carbons (Fsp3) is 0.605. The van der Waals surface area contributed by atoms with E-state index in [9.17, 15) is 27.6 Å². The Morgan fingerprint density at radius 1 is 1.08 bits per heavy atom. The number of hydrogen-bond donors (Lipinski definition) is 3. The zero-order valence-electron chi connectivity index (χ0n) is 30.3. The van der Waals surface area contributed by atoms with Crippen LogP contribution in [0.2, 0.25) is 0 Å². The molecule has 4 amide bonds. The van der Waals surface area contributed by atoms with E-state index in [4.69, 9.17) is 9.47 Å². The summed E-state index contributed by atoms with van der Waals surface area (Å²) in [6.07, 6.45) is 9.70. The minimum atomic E-state index is -3.88. The van der Waals surface area contributed by atoms with E-state index in [1.165, 1.54) is 11.0 Å². The van der Waals surface area contributed by atoms with Gasteiger partial charge in [0.25, 0.3) is 5.91 Å². The summed E-state index contributed by atoms with van der Waals surface area (Å²) >= 11 is 0. The van der Waals surface area contributed by atoms with Crippen LogP contribution in [0.3, 0.4) is 0 Å². The van der Waals surface area contributed by atoms with Crippen molar-refractivity contribution >= 4 is 44.6 Å². The minimum absolute atomic E-state index is 0.00186. The third kappa shape index (κ3) is 8.37. The van der Waals surface area contributed by atoms with Gasteiger partial charge in [0, 0.05) is 23.9 Å². The second kappa shape index (κ2) is 15.0. The first-order valence-electron chi connectivity index (χ1n) is 18.5. The fourth-order valence-electron chi connectivity index (χ4n) is 7.27. The third-order valence-electron chi connectivity index (χ3n) is 10.6. The van der Waals surface area contributed by atoms with Crippen LogP contribution in [0.25, 0.3) is 10.8 Å². The van der Waals surface area contributed by atoms with Gasteiger partial charge in [-0.25, -0.2) is 18.2 Å². The Balaban J connectivity index is 1.31. The van der Waals surface area contributed by atoms with Gasteiger partial charge in [0.2, 0.25) is 27.7 Å². The summed E-state index contributed by atoms with van der Waals surface area (Å²) in [6.45, 7) is 9.44. The van der Waals surface area contributed by atoms with E-state index in [2.05, 4.69) is 39.1 Å². The summed E-state index contributed by atoms with van der Waals surface area (Å²) in [6, 6.07) is 5.98. The van der Waals surface area contributed by atoms with Gasteiger partial charge in [0.05, 0.1) is 18.4 Å². The molecule has 13 nitrogen and oxygen atoms in total. The highest BCUT2D eigenvalue weighted by Crippen LogP contribution is 2.45. The normalized spacial score (nSPS) is 27.8. The number of cyclic esters (lactones) is 1. The predicted octanol–water partition coefficient (Wildman–Crippen LogP) is 4.29. The molecule has 4 bridgehead atoms. The largest absolute Gasteiger partial charge is 0.472 e. The molecule has 14 heteroatoms. The first-order chi connectivity index (χ1) is 24.7. The SMILES string of the molecule is C=C[C@@H]1CC1(NC(=O)[C@@H]1C[C@@H]2CN1C(=O)[C@H](C(C)(C)C)NC(=O)OCCCCCCCCc1ccc3ccnc(c3c1)O2)C(=O)NS(=O)(=O)C1CC1. The van der Waals surface area contributed by atoms with E-state index in [1.807, 2.05) is 32.9 Å². The number of amides is 4. The zero-order chi connectivity index (χ0) is 37.3. The van der Waals surface area contributed by atoms with Crippen molar-refractivity contribution in [1.29, 1.82) is 0 Å². The maximum absolute atomic E-state index is 14.5. The highest BCUT2D eigenvalue weighted by Gasteiger charge is 2.62. The second-order valence-corrected chi connectivity index (χ2v) is 17.7. The Labute approximate surface area is 305 Å². The van der Waals surface area contributed by atoms with Gasteiger partial charge in [-0.1, -0.05) is 64.7 Å². The fourth-order valence-corrected chi connectivity index (χ4v) is 8.63. The molecule has 6 rings (SSSR count). The van der Waals surface area contributed by atoms with Gasteiger partial charge in [-0.3, -0.25) is 19.1 Å². The van der Waals surface area contributed by atoms with Crippen LogP contribution in [0.4, 0.5) is 4.79 Å². The van der Waals surface area contributed by atoms with Gasteiger partial charge in [-0.05, 0) is 67.0 Å². The number of carbonyl (C=O) groups is 4. The number of aromatic nitrogens is 1. The average molecular weight is 738 g/mol. The lowest BCUT2D eigenvalue weighted by molar-refractivity contribution is -0.142. The molecule has 1 aromatic heterocycles. The number of aryl methyl sites for hydroxylation is 1. The van der Waals surface area contributed by atoms with Crippen molar-refractivity contribution in [3.8, 4) is 5.88 Å². The van der Waals surface area contributed by atoms with Crippen molar-refractivity contribution in [3.63, 3.8) is 0 Å². The summed E-state index contributed by atoms with van der Waals surface area (Å²) in [5.74, 6) is -2.10. The number of sulfonamides is 1. The van der Waals surface area contributed by atoms with Gasteiger partial charge in [0.1, 0.15) is 23.7 Å². The van der Waals surface area contributed by atoms with Crippen LogP contribution in [0, 0.1) is 11.3 Å². The van der Waals surface area contributed by atoms with Gasteiger partial charge in [-0.2, -0.15) is 0 Å². The van der Waals surface area contributed by atoms with E-state index in [1.54, 1.807) is 6.20 Å². The molecule has 3 N–H and O–H groups in total. The molecule has 282 valence electrons. The van der Waals surface area contributed by atoms with Crippen LogP contribution >= 0.6 is 0 Å². The molecule has 2 saturated carbocycles. The smallest absolute Gasteiger partial charge is 0.407 e. The molecule has 5 atom stereocenters. The van der Waals surface area contributed by atoms with E-state index in [0.717, 1.165) is 54.9 Å². The molecule has 2 aliphatic carbocycles. The Hall–Kier alpha value is -4.20. The van der Waals surface area contributed by atoms with Crippen molar-refractivity contribution in [2.24, 2.45) is 11.3 Å². The molecule has 3 fully saturated rings. The molecule has 2 aliphatic heterocycles. The minimum Gasteiger partial charge on any atom is -0.472 e. The molecule has 0 spiro atoms. The molecular weight excluding hydrogens is 687 g/mol. The average Bonchev–Trinajstić information content (AvgIpc) is 4.02. The summed E-state index contributed by atoms with van der Waals surface area (Å²) in [7, 11) is -3.88. The highest BCUT2D eigenvalue weighted by atomic mass is 32.2. The van der Waals surface area contributed by atoms with Crippen LogP contribution in [0.5, 0.6) is 5.88 Å². The number of hydrogen-bond acceptors (Lipinski definition) is 9. The lowest BCUT2D eigenvalue weighted by Crippen LogP contribution is -2.60. The van der Waals surface area contributed by atoms with Gasteiger partial charge < -0.3 is 25.0 Å². The molecule has 52 heavy (non-hydrogen) atoms. The lowest BCUT2D eigenvalue weighted by atomic mass is 9.85. The number of nitrogens with zero attached hydrogens (tertiary/aromatic N) is 2. The predicted molar refractivity (Wildman–Crippen MR) is 195 cm³/mol. The maximum atomic E-state index is 14.5. The van der Waals surface area contributed by atoms with Crippen molar-refractivity contribution in [3.05, 3.63) is 48.7 Å². The summed E-state index contributed by atoms with van der Waals surface area (Å²) in [5.41, 5.74) is -1.14. The monoisotopic (exact) mass is 737 g/mol. The Morgan fingerprint density at radius 2 is 1.81 bits per heavy atom. The molecule has 4 aliphatic rings. The number of carbonyl (C=O) groups excluding carboxylic acids is 4. The maximum Gasteiger partial charge on any atom is 0.407 e. The Bertz CT molecular complexity index is 1820. The number of rotatable bonds is 6. The van der Waals surface area contributed by atoms with E-state index >= 15 is 0 Å². The molecule has 2 aromatic rings. The molecular formula is C38H51N5O8S. The topological polar surface area (TPSA) is 173 Å². The third-order valence-corrected chi connectivity index (χ3v) is 12.5. The van der Waals surface area contributed by atoms with Crippen molar-refractivity contribution in [2.75, 3.05) is 13.2 Å². The van der Waals surface area contributed by atoms with Gasteiger partial charge in [0.15, 0.2) is 0 Å². The van der Waals surface area contributed by atoms with E-state index in [-0.39, 0.29) is 26.0 Å². The standard InChI is InChI=1S/C38H51N5O8S/c1-5-26-22-38(26,35(46)42-52(48,49)28-15-16-28)41-32(44)30-21-27-23-43(30)34(45)31(37(2,3)4)40-36(47)50-19-11-9-7-6-8-10-12-24-13-14-25-17-18-39-33(51-27)29(25)20-24/h5,13-14,17-18,20,26-28,30-31H,1,6-12,15-16,19,21-23H2,2-4H3,(H,40,47)(H,41,44)(H,42,46)/t26-,27-,30+,31-,38?/m1/s1. The lowest BCUT2D eigenvalue weighted by Gasteiger charge is -2.35. The van der Waals surface area contributed by atoms with Crippen LogP contribution in [-0.2, 0) is 35.6 Å². The number of benzene rings is 1. The van der Waals surface area contributed by atoms with Crippen LogP contribution < -0.4 is 20.1 Å². The van der Waals surface area contributed by atoms with Crippen LogP contribution in [0.15, 0.2) is 43.1 Å². The van der Waals surface area contributed by atoms with Crippen LogP contribution in [-0.4, -0.2) is 84.2 Å². The number of pyridine rings is 1. The first kappa shape index (κ1) is 37.6. The number of nitrogens with one attached hydrogen (secondary N) is 3. The summed E-state index contributed by atoms with van der Waals surface area (Å²) in [5, 5.41) is 6.71. The van der Waals surface area contributed by atoms with E-state index < -0.39 is 74.1 Å². The van der Waals surface area contributed by atoms with Gasteiger partial charge in [-0.15, -0.1) is 6.58 Å². The van der Waals surface area contributed by atoms with Crippen LogP contribution in [0.1, 0.15) is 90.5 Å². The quantitative estimate of drug-likeness (QED) is 0.366. The van der Waals surface area contributed by atoms with Crippen molar-refractivity contribution < 1.29 is 37.1 Å². The molecule has 1 unspecified atom stereocenters. The number of ether oxygens (including phenoxy) is 2. The molecule has 1 aromatic carbocycles. The first-order valence-corrected chi connectivity index (χ1v) is 20.1. The molecule has 0 radical (unpaired) electrons. The van der Waals surface area contributed by atoms with Crippen molar-refractivity contribution in [1.82, 2.24) is 25.2 Å². The molecule has 3 heterocycles. The summed E-state index contributed by atoms with van der Waals surface area (Å²) in [4.78, 5) is 61.2. The summed E-state index contributed by atoms with van der Waals surface area (Å²) < 4.78 is 39.5.